The maximum absolute atomic E-state index is 13.6. The Morgan fingerprint density at radius 2 is 1.79 bits per heavy atom. The molecule has 1 unspecified atom stereocenters. The van der Waals surface area contributed by atoms with E-state index in [4.69, 9.17) is 4.98 Å². The highest BCUT2D eigenvalue weighted by Gasteiger charge is 2.22. The molecule has 39 heavy (non-hydrogen) atoms. The van der Waals surface area contributed by atoms with Gasteiger partial charge in [-0.3, -0.25) is 14.3 Å². The number of nitrogens with zero attached hydrogens (tertiary/aromatic N) is 5. The second-order valence-corrected chi connectivity index (χ2v) is 10.8. The number of nitrogens with one attached hydrogen (secondary N) is 1. The Morgan fingerprint density at radius 1 is 1.00 bits per heavy atom. The topological polar surface area (TPSA) is 75.9 Å². The van der Waals surface area contributed by atoms with Gasteiger partial charge in [-0.25, -0.2) is 4.98 Å². The van der Waals surface area contributed by atoms with Crippen LogP contribution in [0.4, 0.5) is 11.6 Å². The van der Waals surface area contributed by atoms with Crippen LogP contribution in [-0.2, 0) is 7.05 Å². The van der Waals surface area contributed by atoms with Crippen molar-refractivity contribution in [2.75, 3.05) is 25.5 Å². The van der Waals surface area contributed by atoms with E-state index in [2.05, 4.69) is 76.6 Å². The first-order chi connectivity index (χ1) is 19.0. The second-order valence-electron chi connectivity index (χ2n) is 10.8. The number of fused-ring (bicyclic) bond motifs is 1. The van der Waals surface area contributed by atoms with E-state index in [1.807, 2.05) is 18.3 Å². The summed E-state index contributed by atoms with van der Waals surface area (Å²) in [5.41, 5.74) is 6.89. The van der Waals surface area contributed by atoms with Crippen molar-refractivity contribution in [2.45, 2.75) is 38.0 Å². The van der Waals surface area contributed by atoms with Crippen LogP contribution in [0, 0.1) is 0 Å². The second kappa shape index (κ2) is 10.6. The molecule has 0 saturated carbocycles. The Balaban J connectivity index is 1.25. The fourth-order valence-corrected chi connectivity index (χ4v) is 5.79. The smallest absolute Gasteiger partial charge is 0.259 e. The number of likely N-dealkylation sites (tertiary alicyclic amines) is 1. The molecule has 0 amide bonds. The molecular formula is C32H34N6O. The lowest BCUT2D eigenvalue weighted by atomic mass is 9.83. The van der Waals surface area contributed by atoms with Gasteiger partial charge < -0.3 is 10.2 Å². The van der Waals surface area contributed by atoms with Gasteiger partial charge in [0.1, 0.15) is 5.65 Å². The summed E-state index contributed by atoms with van der Waals surface area (Å²) in [5.74, 6) is 1.28. The van der Waals surface area contributed by atoms with Gasteiger partial charge >= 0.3 is 0 Å². The third-order valence-electron chi connectivity index (χ3n) is 8.22. The van der Waals surface area contributed by atoms with Crippen LogP contribution in [0.1, 0.15) is 54.7 Å². The van der Waals surface area contributed by atoms with Gasteiger partial charge in [-0.15, -0.1) is 0 Å². The minimum Gasteiger partial charge on any atom is -0.324 e. The van der Waals surface area contributed by atoms with Crippen LogP contribution in [0.3, 0.4) is 0 Å². The number of hydrogen-bond donors (Lipinski definition) is 1. The van der Waals surface area contributed by atoms with Gasteiger partial charge in [0.25, 0.3) is 5.56 Å². The SMILES string of the molecule is CC1=C(c2cc3cnc(Nc4ccc(C5CCN(C)CC5)cc4)nc3n(C)c2=O)CC(c2cccnc2)C=C1. The van der Waals surface area contributed by atoms with E-state index in [1.165, 1.54) is 18.4 Å². The average Bonchev–Trinajstić information content (AvgIpc) is 2.97. The van der Waals surface area contributed by atoms with E-state index >= 15 is 0 Å². The van der Waals surface area contributed by atoms with Crippen molar-refractivity contribution >= 4 is 28.2 Å². The van der Waals surface area contributed by atoms with Gasteiger partial charge in [0, 0.05) is 48.2 Å². The van der Waals surface area contributed by atoms with Gasteiger partial charge in [-0.2, -0.15) is 4.98 Å². The molecule has 1 fully saturated rings. The summed E-state index contributed by atoms with van der Waals surface area (Å²) in [6, 6.07) is 14.6. The quantitative estimate of drug-likeness (QED) is 0.360. The molecule has 7 heteroatoms. The van der Waals surface area contributed by atoms with Crippen LogP contribution in [0.15, 0.2) is 83.6 Å². The van der Waals surface area contributed by atoms with E-state index in [0.717, 1.165) is 47.3 Å². The van der Waals surface area contributed by atoms with Crippen molar-refractivity contribution in [2.24, 2.45) is 7.05 Å². The summed E-state index contributed by atoms with van der Waals surface area (Å²) in [7, 11) is 3.97. The van der Waals surface area contributed by atoms with E-state index in [1.54, 1.807) is 24.0 Å². The molecule has 2 aliphatic rings. The lowest BCUT2D eigenvalue weighted by Gasteiger charge is -2.29. The molecule has 1 saturated heterocycles. The molecule has 1 N–H and O–H groups in total. The maximum atomic E-state index is 13.6. The zero-order chi connectivity index (χ0) is 26.9. The fourth-order valence-electron chi connectivity index (χ4n) is 5.79. The first-order valence-electron chi connectivity index (χ1n) is 13.7. The van der Waals surface area contributed by atoms with E-state index in [-0.39, 0.29) is 11.5 Å². The van der Waals surface area contributed by atoms with Crippen molar-refractivity contribution in [3.05, 3.63) is 106 Å². The van der Waals surface area contributed by atoms with Crippen molar-refractivity contribution in [3.8, 4) is 0 Å². The minimum absolute atomic E-state index is 0.0517. The zero-order valence-electron chi connectivity index (χ0n) is 22.8. The predicted molar refractivity (Wildman–Crippen MR) is 157 cm³/mol. The molecule has 7 nitrogen and oxygen atoms in total. The Morgan fingerprint density at radius 3 is 2.54 bits per heavy atom. The maximum Gasteiger partial charge on any atom is 0.259 e. The Kier molecular flexibility index (Phi) is 6.83. The summed E-state index contributed by atoms with van der Waals surface area (Å²) in [5, 5.41) is 4.15. The van der Waals surface area contributed by atoms with Gasteiger partial charge in [-0.05, 0) is 98.8 Å². The highest BCUT2D eigenvalue weighted by Crippen LogP contribution is 2.36. The Hall–Kier alpha value is -4.10. The summed E-state index contributed by atoms with van der Waals surface area (Å²) >= 11 is 0. The molecule has 1 aliphatic heterocycles. The third kappa shape index (κ3) is 5.14. The van der Waals surface area contributed by atoms with Crippen molar-refractivity contribution in [1.82, 2.24) is 24.4 Å². The highest BCUT2D eigenvalue weighted by atomic mass is 16.1. The standard InChI is InChI=1S/C32H34N6O/c1-21-6-7-24(25-5-4-14-33-19-25)17-28(21)29-18-26-20-34-32(36-30(26)38(3)31(29)39)35-27-10-8-22(9-11-27)23-12-15-37(2)16-13-23/h4-11,14,18-20,23-24H,12-13,15-17H2,1-3H3,(H,34,35,36). The van der Waals surface area contributed by atoms with Crippen molar-refractivity contribution in [3.63, 3.8) is 0 Å². The summed E-state index contributed by atoms with van der Waals surface area (Å²) in [6.45, 7) is 4.36. The molecule has 0 spiro atoms. The van der Waals surface area contributed by atoms with Crippen LogP contribution in [0.2, 0.25) is 0 Å². The van der Waals surface area contributed by atoms with E-state index < -0.39 is 0 Å². The number of anilines is 2. The van der Waals surface area contributed by atoms with Crippen LogP contribution in [0.25, 0.3) is 16.6 Å². The average molecular weight is 519 g/mol. The minimum atomic E-state index is -0.0517. The van der Waals surface area contributed by atoms with E-state index in [0.29, 0.717) is 23.1 Å². The monoisotopic (exact) mass is 518 g/mol. The molecule has 0 radical (unpaired) electrons. The third-order valence-corrected chi connectivity index (χ3v) is 8.22. The first kappa shape index (κ1) is 25.2. The molecule has 1 atom stereocenters. The number of aryl methyl sites for hydroxylation is 1. The number of benzene rings is 1. The summed E-state index contributed by atoms with van der Waals surface area (Å²) in [6.07, 6.45) is 12.9. The van der Waals surface area contributed by atoms with Crippen LogP contribution in [-0.4, -0.2) is 44.6 Å². The van der Waals surface area contributed by atoms with Crippen LogP contribution >= 0.6 is 0 Å². The summed E-state index contributed by atoms with van der Waals surface area (Å²) in [4.78, 5) is 29.5. The molecule has 3 aromatic heterocycles. The first-order valence-corrected chi connectivity index (χ1v) is 13.7. The number of piperidine rings is 1. The van der Waals surface area contributed by atoms with Gasteiger partial charge in [0.15, 0.2) is 0 Å². The molecule has 4 heterocycles. The van der Waals surface area contributed by atoms with Crippen LogP contribution in [0.5, 0.6) is 0 Å². The fraction of sp³-hybridized carbons (Fsp3) is 0.312. The molecular weight excluding hydrogens is 484 g/mol. The normalized spacial score (nSPS) is 18.6. The van der Waals surface area contributed by atoms with E-state index in [9.17, 15) is 4.79 Å². The Labute approximate surface area is 229 Å². The van der Waals surface area contributed by atoms with Crippen molar-refractivity contribution in [1.29, 1.82) is 0 Å². The molecule has 0 bridgehead atoms. The van der Waals surface area contributed by atoms with Gasteiger partial charge in [0.05, 0.1) is 0 Å². The van der Waals surface area contributed by atoms with Crippen molar-refractivity contribution < 1.29 is 0 Å². The number of rotatable bonds is 5. The molecule has 198 valence electrons. The largest absolute Gasteiger partial charge is 0.324 e. The molecule has 6 rings (SSSR count). The van der Waals surface area contributed by atoms with Gasteiger partial charge in [-0.1, -0.05) is 30.4 Å². The molecule has 1 aliphatic carbocycles. The summed E-state index contributed by atoms with van der Waals surface area (Å²) < 4.78 is 1.64. The van der Waals surface area contributed by atoms with Gasteiger partial charge in [0.2, 0.25) is 5.95 Å². The molecule has 4 aromatic rings. The highest BCUT2D eigenvalue weighted by molar-refractivity contribution is 5.82. The Bertz CT molecular complexity index is 1610. The number of pyridine rings is 2. The molecule has 1 aromatic carbocycles. The zero-order valence-corrected chi connectivity index (χ0v) is 22.8. The number of hydrogen-bond acceptors (Lipinski definition) is 6. The lowest BCUT2D eigenvalue weighted by molar-refractivity contribution is 0.255. The number of aromatic nitrogens is 4. The predicted octanol–water partition coefficient (Wildman–Crippen LogP) is 5.79. The lowest BCUT2D eigenvalue weighted by Crippen LogP contribution is -2.29. The number of allylic oxidation sites excluding steroid dienone is 4. The van der Waals surface area contributed by atoms with Crippen LogP contribution < -0.4 is 10.9 Å².